The molecule has 0 radical (unpaired) electrons. The van der Waals surface area contributed by atoms with Gasteiger partial charge in [0.25, 0.3) is 5.91 Å². The molecule has 0 atom stereocenters. The number of halogens is 2. The van der Waals surface area contributed by atoms with Crippen molar-refractivity contribution >= 4 is 33.4 Å². The van der Waals surface area contributed by atoms with Crippen molar-refractivity contribution in [2.75, 3.05) is 6.54 Å². The van der Waals surface area contributed by atoms with Gasteiger partial charge in [-0.2, -0.15) is 0 Å². The molecule has 1 aromatic rings. The van der Waals surface area contributed by atoms with E-state index in [0.29, 0.717) is 10.6 Å². The Kier molecular flexibility index (Phi) is 5.71. The van der Waals surface area contributed by atoms with Gasteiger partial charge in [0.15, 0.2) is 0 Å². The van der Waals surface area contributed by atoms with Crippen molar-refractivity contribution in [1.82, 2.24) is 5.32 Å². The summed E-state index contributed by atoms with van der Waals surface area (Å²) in [7, 11) is 0. The van der Waals surface area contributed by atoms with Crippen molar-refractivity contribution in [2.45, 2.75) is 38.5 Å². The number of carbonyl (C=O) groups is 1. The smallest absolute Gasteiger partial charge is 0.252 e. The first-order valence-electron chi connectivity index (χ1n) is 6.90. The highest BCUT2D eigenvalue weighted by atomic mass is 79.9. The van der Waals surface area contributed by atoms with Gasteiger partial charge in [-0.25, -0.2) is 0 Å². The van der Waals surface area contributed by atoms with E-state index in [0.717, 1.165) is 23.4 Å². The average Bonchev–Trinajstić information content (AvgIpc) is 2.39. The second-order valence-corrected chi connectivity index (χ2v) is 6.46. The molecule has 0 unspecified atom stereocenters. The number of nitrogens with one attached hydrogen (secondary N) is 1. The molecule has 1 N–H and O–H groups in total. The Morgan fingerprint density at radius 1 is 1.32 bits per heavy atom. The van der Waals surface area contributed by atoms with Gasteiger partial charge in [0.1, 0.15) is 0 Å². The number of amides is 1. The van der Waals surface area contributed by atoms with Crippen LogP contribution < -0.4 is 5.32 Å². The topological polar surface area (TPSA) is 29.1 Å². The standard InChI is InChI=1S/C15H19BrClNO/c16-14-10-12(17)6-7-13(14)15(19)18-9-8-11-4-2-1-3-5-11/h6-7,10-11H,1-5,8-9H2,(H,18,19). The Morgan fingerprint density at radius 2 is 2.05 bits per heavy atom. The van der Waals surface area contributed by atoms with Crippen molar-refractivity contribution in [3.8, 4) is 0 Å². The van der Waals surface area contributed by atoms with Gasteiger partial charge >= 0.3 is 0 Å². The highest BCUT2D eigenvalue weighted by molar-refractivity contribution is 9.10. The zero-order chi connectivity index (χ0) is 13.7. The van der Waals surface area contributed by atoms with Gasteiger partial charge in [0.05, 0.1) is 5.56 Å². The molecule has 0 bridgehead atoms. The van der Waals surface area contributed by atoms with Gasteiger partial charge < -0.3 is 5.32 Å². The second-order valence-electron chi connectivity index (χ2n) is 5.17. The van der Waals surface area contributed by atoms with Crippen molar-refractivity contribution in [3.63, 3.8) is 0 Å². The van der Waals surface area contributed by atoms with E-state index >= 15 is 0 Å². The summed E-state index contributed by atoms with van der Waals surface area (Å²) < 4.78 is 0.746. The number of benzene rings is 1. The first-order chi connectivity index (χ1) is 9.16. The first kappa shape index (κ1) is 14.9. The molecular formula is C15H19BrClNO. The highest BCUT2D eigenvalue weighted by Gasteiger charge is 2.14. The summed E-state index contributed by atoms with van der Waals surface area (Å²) in [6.07, 6.45) is 7.81. The maximum Gasteiger partial charge on any atom is 0.252 e. The second kappa shape index (κ2) is 7.30. The Bertz CT molecular complexity index is 444. The largest absolute Gasteiger partial charge is 0.352 e. The molecule has 1 amide bonds. The van der Waals surface area contributed by atoms with Crippen molar-refractivity contribution < 1.29 is 4.79 Å². The van der Waals surface area contributed by atoms with Crippen molar-refractivity contribution in [3.05, 3.63) is 33.3 Å². The molecule has 4 heteroatoms. The maximum atomic E-state index is 12.0. The molecule has 1 aliphatic rings. The molecule has 1 fully saturated rings. The Labute approximate surface area is 128 Å². The number of rotatable bonds is 4. The molecule has 2 rings (SSSR count). The first-order valence-corrected chi connectivity index (χ1v) is 8.07. The molecule has 0 heterocycles. The van der Waals surface area contributed by atoms with E-state index in [4.69, 9.17) is 11.6 Å². The molecule has 0 saturated heterocycles. The summed E-state index contributed by atoms with van der Waals surface area (Å²) in [4.78, 5) is 12.0. The molecular weight excluding hydrogens is 326 g/mol. The van der Waals surface area contributed by atoms with Gasteiger partial charge in [-0.1, -0.05) is 43.7 Å². The van der Waals surface area contributed by atoms with E-state index in [1.54, 1.807) is 18.2 Å². The molecule has 104 valence electrons. The third-order valence-corrected chi connectivity index (χ3v) is 4.63. The van der Waals surface area contributed by atoms with E-state index in [1.165, 1.54) is 32.1 Å². The molecule has 1 saturated carbocycles. The zero-order valence-corrected chi connectivity index (χ0v) is 13.3. The van der Waals surface area contributed by atoms with Gasteiger partial charge in [-0.05, 0) is 46.5 Å². The van der Waals surface area contributed by atoms with Gasteiger partial charge in [-0.3, -0.25) is 4.79 Å². The molecule has 0 spiro atoms. The monoisotopic (exact) mass is 343 g/mol. The lowest BCUT2D eigenvalue weighted by Gasteiger charge is -2.21. The summed E-state index contributed by atoms with van der Waals surface area (Å²) in [5.41, 5.74) is 0.646. The van der Waals surface area contributed by atoms with Crippen LogP contribution in [0.3, 0.4) is 0 Å². The van der Waals surface area contributed by atoms with Crippen molar-refractivity contribution in [1.29, 1.82) is 0 Å². The van der Waals surface area contributed by atoms with Crippen LogP contribution in [0.2, 0.25) is 5.02 Å². The predicted molar refractivity (Wildman–Crippen MR) is 82.7 cm³/mol. The predicted octanol–water partition coefficient (Wildman–Crippen LogP) is 4.80. The lowest BCUT2D eigenvalue weighted by atomic mass is 9.87. The van der Waals surface area contributed by atoms with Crippen LogP contribution in [0.4, 0.5) is 0 Å². The van der Waals surface area contributed by atoms with Gasteiger partial charge in [0, 0.05) is 16.0 Å². The molecule has 1 aromatic carbocycles. The lowest BCUT2D eigenvalue weighted by Crippen LogP contribution is -2.26. The third-order valence-electron chi connectivity index (χ3n) is 3.74. The van der Waals surface area contributed by atoms with Crippen LogP contribution in [0, 0.1) is 5.92 Å². The minimum absolute atomic E-state index is 0.0284. The van der Waals surface area contributed by atoms with Crippen LogP contribution in [0.25, 0.3) is 0 Å². The Morgan fingerprint density at radius 3 is 2.74 bits per heavy atom. The lowest BCUT2D eigenvalue weighted by molar-refractivity contribution is 0.0949. The number of hydrogen-bond donors (Lipinski definition) is 1. The van der Waals surface area contributed by atoms with E-state index in [2.05, 4.69) is 21.2 Å². The fourth-order valence-electron chi connectivity index (χ4n) is 2.63. The van der Waals surface area contributed by atoms with Gasteiger partial charge in [0.2, 0.25) is 0 Å². The number of carbonyl (C=O) groups excluding carboxylic acids is 1. The summed E-state index contributed by atoms with van der Waals surface area (Å²) in [6.45, 7) is 0.762. The quantitative estimate of drug-likeness (QED) is 0.835. The molecule has 19 heavy (non-hydrogen) atoms. The minimum Gasteiger partial charge on any atom is -0.352 e. The molecule has 1 aliphatic carbocycles. The number of hydrogen-bond acceptors (Lipinski definition) is 1. The van der Waals surface area contributed by atoms with Crippen LogP contribution in [-0.2, 0) is 0 Å². The highest BCUT2D eigenvalue weighted by Crippen LogP contribution is 2.26. The Balaban J connectivity index is 1.80. The fraction of sp³-hybridized carbons (Fsp3) is 0.533. The van der Waals surface area contributed by atoms with Crippen molar-refractivity contribution in [2.24, 2.45) is 5.92 Å². The Hall–Kier alpha value is -0.540. The average molecular weight is 345 g/mol. The van der Waals surface area contributed by atoms with Crippen LogP contribution in [0.5, 0.6) is 0 Å². The summed E-state index contributed by atoms with van der Waals surface area (Å²) in [5, 5.41) is 3.62. The summed E-state index contributed by atoms with van der Waals surface area (Å²) in [5.74, 6) is 0.766. The zero-order valence-electron chi connectivity index (χ0n) is 10.9. The van der Waals surface area contributed by atoms with Crippen LogP contribution in [0.1, 0.15) is 48.9 Å². The van der Waals surface area contributed by atoms with Crippen LogP contribution in [0.15, 0.2) is 22.7 Å². The molecule has 0 aromatic heterocycles. The van der Waals surface area contributed by atoms with E-state index in [-0.39, 0.29) is 5.91 Å². The van der Waals surface area contributed by atoms with Crippen LogP contribution in [-0.4, -0.2) is 12.5 Å². The molecule has 0 aliphatic heterocycles. The van der Waals surface area contributed by atoms with E-state index in [1.807, 2.05) is 0 Å². The van der Waals surface area contributed by atoms with Gasteiger partial charge in [-0.15, -0.1) is 0 Å². The summed E-state index contributed by atoms with van der Waals surface area (Å²) in [6, 6.07) is 5.24. The maximum absolute atomic E-state index is 12.0. The van der Waals surface area contributed by atoms with E-state index in [9.17, 15) is 4.79 Å². The third kappa shape index (κ3) is 4.50. The minimum atomic E-state index is -0.0284. The molecule has 2 nitrogen and oxygen atoms in total. The normalized spacial score (nSPS) is 16.3. The fourth-order valence-corrected chi connectivity index (χ4v) is 3.50. The SMILES string of the molecule is O=C(NCCC1CCCCC1)c1ccc(Cl)cc1Br. The summed E-state index contributed by atoms with van der Waals surface area (Å²) >= 11 is 9.24. The van der Waals surface area contributed by atoms with Crippen LogP contribution >= 0.6 is 27.5 Å². The van der Waals surface area contributed by atoms with E-state index < -0.39 is 0 Å².